The Morgan fingerprint density at radius 2 is 1.68 bits per heavy atom. The van der Waals surface area contributed by atoms with Crippen LogP contribution >= 0.6 is 0 Å². The summed E-state index contributed by atoms with van der Waals surface area (Å²) in [5, 5.41) is 5.15. The van der Waals surface area contributed by atoms with E-state index in [0.717, 1.165) is 34.0 Å². The predicted octanol–water partition coefficient (Wildman–Crippen LogP) is 5.36. The lowest BCUT2D eigenvalue weighted by Crippen LogP contribution is -2.20. The highest BCUT2D eigenvalue weighted by atomic mass is 16.5. The molecule has 0 saturated heterocycles. The fraction of sp³-hybridized carbons (Fsp3) is 0.107. The number of fused-ring (bicyclic) bond motifs is 1. The largest absolute Gasteiger partial charge is 0.497 e. The molecule has 2 heterocycles. The molecule has 0 atom stereocenters. The third-order valence-electron chi connectivity index (χ3n) is 5.88. The van der Waals surface area contributed by atoms with Gasteiger partial charge in [0, 0.05) is 34.3 Å². The average molecular weight is 449 g/mol. The van der Waals surface area contributed by atoms with Gasteiger partial charge in [0.05, 0.1) is 24.2 Å². The molecular weight excluding hydrogens is 424 g/mol. The summed E-state index contributed by atoms with van der Waals surface area (Å²) in [6.07, 6.45) is 1.73. The first-order valence-electron chi connectivity index (χ1n) is 11.0. The van der Waals surface area contributed by atoms with Crippen molar-refractivity contribution in [3.05, 3.63) is 112 Å². The molecule has 0 aliphatic heterocycles. The number of benzene rings is 3. The van der Waals surface area contributed by atoms with E-state index in [-0.39, 0.29) is 5.56 Å². The van der Waals surface area contributed by atoms with Crippen LogP contribution < -0.4 is 10.3 Å². The number of nitrogens with zero attached hydrogens (tertiary/aromatic N) is 4. The van der Waals surface area contributed by atoms with Gasteiger partial charge >= 0.3 is 0 Å². The molecule has 2 aromatic heterocycles. The van der Waals surface area contributed by atoms with Gasteiger partial charge in [-0.1, -0.05) is 48.5 Å². The number of para-hydroxylation sites is 1. The Morgan fingerprint density at radius 3 is 2.47 bits per heavy atom. The Labute approximate surface area is 197 Å². The maximum absolute atomic E-state index is 13.4. The van der Waals surface area contributed by atoms with Gasteiger partial charge in [-0.2, -0.15) is 9.78 Å². The van der Waals surface area contributed by atoms with Crippen molar-refractivity contribution < 1.29 is 4.74 Å². The fourth-order valence-electron chi connectivity index (χ4n) is 4.19. The van der Waals surface area contributed by atoms with Crippen molar-refractivity contribution >= 4 is 17.1 Å². The van der Waals surface area contributed by atoms with Crippen LogP contribution in [-0.2, 0) is 0 Å². The van der Waals surface area contributed by atoms with E-state index in [1.54, 1.807) is 19.4 Å². The molecule has 0 saturated carbocycles. The van der Waals surface area contributed by atoms with Crippen LogP contribution in [0, 0.1) is 13.8 Å². The molecule has 0 aliphatic carbocycles. The molecule has 34 heavy (non-hydrogen) atoms. The summed E-state index contributed by atoms with van der Waals surface area (Å²) in [5.74, 6) is 1.30. The van der Waals surface area contributed by atoms with Crippen molar-refractivity contribution in [1.82, 2.24) is 14.2 Å². The van der Waals surface area contributed by atoms with Gasteiger partial charge in [-0.05, 0) is 44.2 Å². The summed E-state index contributed by atoms with van der Waals surface area (Å²) in [4.78, 5) is 18.1. The van der Waals surface area contributed by atoms with Crippen LogP contribution in [-0.4, -0.2) is 27.6 Å². The highest BCUT2D eigenvalue weighted by Gasteiger charge is 2.14. The molecule has 0 fully saturated rings. The van der Waals surface area contributed by atoms with E-state index in [4.69, 9.17) is 9.72 Å². The smallest absolute Gasteiger partial charge is 0.282 e. The van der Waals surface area contributed by atoms with Gasteiger partial charge in [-0.3, -0.25) is 4.79 Å². The summed E-state index contributed by atoms with van der Waals surface area (Å²) in [6, 6.07) is 26.9. The zero-order valence-corrected chi connectivity index (χ0v) is 19.3. The van der Waals surface area contributed by atoms with Gasteiger partial charge in [0.2, 0.25) is 0 Å². The third kappa shape index (κ3) is 3.79. The molecule has 168 valence electrons. The number of hydrogen-bond acceptors (Lipinski definition) is 4. The monoisotopic (exact) mass is 448 g/mol. The van der Waals surface area contributed by atoms with Crippen LogP contribution in [0.5, 0.6) is 5.75 Å². The van der Waals surface area contributed by atoms with Gasteiger partial charge in [0.15, 0.2) is 5.82 Å². The standard InChI is InChI=1S/C28H24N4O2/c1-19-16-22(20(2)31(19)23-12-9-13-24(17-23)34-3)18-29-32-27(21-10-5-4-6-11-21)30-26-15-8-7-14-25(26)28(32)33/h4-18H,1-3H3. The lowest BCUT2D eigenvalue weighted by atomic mass is 10.2. The molecule has 3 aromatic carbocycles. The van der Waals surface area contributed by atoms with Gasteiger partial charge < -0.3 is 9.30 Å². The maximum atomic E-state index is 13.4. The summed E-state index contributed by atoms with van der Waals surface area (Å²) >= 11 is 0. The molecule has 0 unspecified atom stereocenters. The van der Waals surface area contributed by atoms with Gasteiger partial charge in [-0.25, -0.2) is 4.98 Å². The van der Waals surface area contributed by atoms with Crippen molar-refractivity contribution in [2.24, 2.45) is 5.10 Å². The second kappa shape index (κ2) is 8.83. The molecule has 5 rings (SSSR count). The highest BCUT2D eigenvalue weighted by molar-refractivity contribution is 5.83. The zero-order chi connectivity index (χ0) is 23.7. The number of ether oxygens (including phenoxy) is 1. The van der Waals surface area contributed by atoms with Gasteiger partial charge in [0.25, 0.3) is 5.56 Å². The van der Waals surface area contributed by atoms with E-state index in [1.807, 2.05) is 86.6 Å². The second-order valence-corrected chi connectivity index (χ2v) is 8.04. The number of methoxy groups -OCH3 is 1. The lowest BCUT2D eigenvalue weighted by Gasteiger charge is -2.11. The quantitative estimate of drug-likeness (QED) is 0.340. The summed E-state index contributed by atoms with van der Waals surface area (Å²) in [6.45, 7) is 4.08. The Kier molecular flexibility index (Phi) is 5.55. The molecule has 0 aliphatic rings. The van der Waals surface area contributed by atoms with E-state index in [1.165, 1.54) is 4.68 Å². The van der Waals surface area contributed by atoms with Crippen LogP contribution in [0.15, 0.2) is 94.8 Å². The molecule has 0 spiro atoms. The number of hydrogen-bond donors (Lipinski definition) is 0. The van der Waals surface area contributed by atoms with Crippen LogP contribution in [0.25, 0.3) is 28.0 Å². The first kappa shape index (κ1) is 21.4. The molecule has 0 amide bonds. The summed E-state index contributed by atoms with van der Waals surface area (Å²) in [5.41, 5.74) is 5.25. The van der Waals surface area contributed by atoms with E-state index in [0.29, 0.717) is 16.7 Å². The molecule has 0 radical (unpaired) electrons. The molecule has 0 bridgehead atoms. The van der Waals surface area contributed by atoms with Crippen molar-refractivity contribution in [3.63, 3.8) is 0 Å². The van der Waals surface area contributed by atoms with Crippen LogP contribution in [0.4, 0.5) is 0 Å². The summed E-state index contributed by atoms with van der Waals surface area (Å²) < 4.78 is 8.91. The Hall–Kier alpha value is -4.45. The first-order chi connectivity index (χ1) is 16.6. The Morgan fingerprint density at radius 1 is 0.912 bits per heavy atom. The maximum Gasteiger partial charge on any atom is 0.282 e. The van der Waals surface area contributed by atoms with Crippen LogP contribution in [0.1, 0.15) is 17.0 Å². The van der Waals surface area contributed by atoms with Crippen molar-refractivity contribution in [2.45, 2.75) is 13.8 Å². The number of aryl methyl sites for hydroxylation is 1. The molecule has 5 aromatic rings. The second-order valence-electron chi connectivity index (χ2n) is 8.04. The average Bonchev–Trinajstić information content (AvgIpc) is 3.16. The topological polar surface area (TPSA) is 61.4 Å². The lowest BCUT2D eigenvalue weighted by molar-refractivity contribution is 0.414. The van der Waals surface area contributed by atoms with Crippen molar-refractivity contribution in [2.75, 3.05) is 7.11 Å². The molecule has 6 heteroatoms. The van der Waals surface area contributed by atoms with Crippen molar-refractivity contribution in [1.29, 1.82) is 0 Å². The zero-order valence-electron chi connectivity index (χ0n) is 19.3. The molecular formula is C28H24N4O2. The SMILES string of the molecule is COc1cccc(-n2c(C)cc(C=Nn3c(-c4ccccc4)nc4ccccc4c3=O)c2C)c1. The third-order valence-corrected chi connectivity index (χ3v) is 5.88. The molecule has 0 N–H and O–H groups in total. The fourth-order valence-corrected chi connectivity index (χ4v) is 4.19. The van der Waals surface area contributed by atoms with Crippen LogP contribution in [0.2, 0.25) is 0 Å². The highest BCUT2D eigenvalue weighted by Crippen LogP contribution is 2.23. The van der Waals surface area contributed by atoms with E-state index < -0.39 is 0 Å². The minimum absolute atomic E-state index is 0.206. The Bertz CT molecular complexity index is 1580. The number of rotatable bonds is 5. The first-order valence-corrected chi connectivity index (χ1v) is 11.0. The van der Waals surface area contributed by atoms with Gasteiger partial charge in [0.1, 0.15) is 5.75 Å². The minimum Gasteiger partial charge on any atom is -0.497 e. The van der Waals surface area contributed by atoms with E-state index in [2.05, 4.69) is 15.7 Å². The number of aromatic nitrogens is 3. The minimum atomic E-state index is -0.206. The van der Waals surface area contributed by atoms with Crippen LogP contribution in [0.3, 0.4) is 0 Å². The normalized spacial score (nSPS) is 11.4. The predicted molar refractivity (Wildman–Crippen MR) is 136 cm³/mol. The summed E-state index contributed by atoms with van der Waals surface area (Å²) in [7, 11) is 1.66. The van der Waals surface area contributed by atoms with Crippen molar-refractivity contribution in [3.8, 4) is 22.8 Å². The van der Waals surface area contributed by atoms with E-state index >= 15 is 0 Å². The van der Waals surface area contributed by atoms with E-state index in [9.17, 15) is 4.79 Å². The molecule has 6 nitrogen and oxygen atoms in total. The Balaban J connectivity index is 1.64. The van der Waals surface area contributed by atoms with Gasteiger partial charge in [-0.15, -0.1) is 0 Å².